The number of hydrogen-bond acceptors (Lipinski definition) is 8. The van der Waals surface area contributed by atoms with Crippen molar-refractivity contribution >= 4 is 16.7 Å². The van der Waals surface area contributed by atoms with Crippen molar-refractivity contribution in [3.05, 3.63) is 29.3 Å². The Morgan fingerprint density at radius 1 is 1.15 bits per heavy atom. The van der Waals surface area contributed by atoms with Gasteiger partial charge in [-0.2, -0.15) is 4.98 Å². The molecule has 34 heavy (non-hydrogen) atoms. The lowest BCUT2D eigenvalue weighted by Gasteiger charge is -2.36. The van der Waals surface area contributed by atoms with Crippen LogP contribution in [-0.2, 0) is 4.74 Å². The second-order valence-electron chi connectivity index (χ2n) is 9.16. The van der Waals surface area contributed by atoms with E-state index in [4.69, 9.17) is 19.0 Å². The molecule has 182 valence electrons. The highest BCUT2D eigenvalue weighted by atomic mass is 19.1. The molecule has 1 aromatic carbocycles. The Hall–Kier alpha value is -2.78. The molecule has 1 atom stereocenters. The standard InChI is InChI=1S/C25H32FN5O3/c1-4-33-19-12-20-15(2)22(25-27-16(3)30-34-25)24(29-23(20)21(26)13-19)31-9-7-17(8-10-31)28-18-6-5-11-32-14-18/h12-13,17-18,28H,4-11,14H2,1-3H3/t18-/m0/s1. The van der Waals surface area contributed by atoms with Gasteiger partial charge in [0.25, 0.3) is 5.89 Å². The molecule has 2 aliphatic heterocycles. The van der Waals surface area contributed by atoms with Gasteiger partial charge in [0.15, 0.2) is 11.6 Å². The number of nitrogens with one attached hydrogen (secondary N) is 1. The third kappa shape index (κ3) is 4.59. The van der Waals surface area contributed by atoms with Crippen molar-refractivity contribution in [1.82, 2.24) is 20.4 Å². The van der Waals surface area contributed by atoms with E-state index in [0.717, 1.165) is 63.1 Å². The van der Waals surface area contributed by atoms with Crippen LogP contribution >= 0.6 is 0 Å². The van der Waals surface area contributed by atoms with Crippen molar-refractivity contribution < 1.29 is 18.4 Å². The smallest absolute Gasteiger partial charge is 0.261 e. The molecule has 0 radical (unpaired) electrons. The molecular weight excluding hydrogens is 437 g/mol. The number of nitrogens with zero attached hydrogens (tertiary/aromatic N) is 4. The minimum absolute atomic E-state index is 0.329. The highest BCUT2D eigenvalue weighted by Crippen LogP contribution is 2.39. The number of ether oxygens (including phenoxy) is 2. The Morgan fingerprint density at radius 2 is 1.97 bits per heavy atom. The summed E-state index contributed by atoms with van der Waals surface area (Å²) in [6.07, 6.45) is 4.22. The largest absolute Gasteiger partial charge is 0.494 e. The average molecular weight is 470 g/mol. The molecular formula is C25H32FN5O3. The van der Waals surface area contributed by atoms with E-state index < -0.39 is 5.82 Å². The van der Waals surface area contributed by atoms with Gasteiger partial charge in [0.2, 0.25) is 0 Å². The van der Waals surface area contributed by atoms with Gasteiger partial charge < -0.3 is 24.2 Å². The molecule has 2 saturated heterocycles. The van der Waals surface area contributed by atoms with Crippen molar-refractivity contribution in [2.45, 2.75) is 58.5 Å². The minimum Gasteiger partial charge on any atom is -0.494 e. The lowest BCUT2D eigenvalue weighted by molar-refractivity contribution is 0.0650. The van der Waals surface area contributed by atoms with E-state index in [-0.39, 0.29) is 0 Å². The molecule has 0 amide bonds. The first kappa shape index (κ1) is 23.0. The number of rotatable bonds is 6. The predicted molar refractivity (Wildman–Crippen MR) is 128 cm³/mol. The Kier molecular flexibility index (Phi) is 6.65. The van der Waals surface area contributed by atoms with Gasteiger partial charge in [-0.15, -0.1) is 0 Å². The topological polar surface area (TPSA) is 85.5 Å². The van der Waals surface area contributed by atoms with Crippen molar-refractivity contribution in [3.63, 3.8) is 0 Å². The molecule has 2 aliphatic rings. The maximum atomic E-state index is 15.1. The summed E-state index contributed by atoms with van der Waals surface area (Å²) < 4.78 is 31.9. The quantitative estimate of drug-likeness (QED) is 0.576. The van der Waals surface area contributed by atoms with Crippen molar-refractivity contribution in [2.75, 3.05) is 37.8 Å². The molecule has 0 saturated carbocycles. The summed E-state index contributed by atoms with van der Waals surface area (Å²) in [5, 5.41) is 8.44. The number of halogens is 1. The first-order valence-corrected chi connectivity index (χ1v) is 12.2. The van der Waals surface area contributed by atoms with Crippen LogP contribution in [0, 0.1) is 19.7 Å². The maximum absolute atomic E-state index is 15.1. The van der Waals surface area contributed by atoms with E-state index >= 15 is 4.39 Å². The number of benzene rings is 1. The Bertz CT molecular complexity index is 1150. The lowest BCUT2D eigenvalue weighted by atomic mass is 9.99. The zero-order valence-electron chi connectivity index (χ0n) is 20.1. The molecule has 4 heterocycles. The number of pyridine rings is 1. The molecule has 8 nitrogen and oxygen atoms in total. The van der Waals surface area contributed by atoms with E-state index in [9.17, 15) is 0 Å². The van der Waals surface area contributed by atoms with Crippen LogP contribution in [0.4, 0.5) is 10.2 Å². The molecule has 2 fully saturated rings. The molecule has 5 rings (SSSR count). The van der Waals surface area contributed by atoms with Gasteiger partial charge in [-0.05, 0) is 58.1 Å². The monoisotopic (exact) mass is 469 g/mol. The number of piperidine rings is 1. The van der Waals surface area contributed by atoms with Crippen molar-refractivity contribution in [2.24, 2.45) is 0 Å². The van der Waals surface area contributed by atoms with Crippen LogP contribution in [0.5, 0.6) is 5.75 Å². The summed E-state index contributed by atoms with van der Waals surface area (Å²) in [5.74, 6) is 1.73. The molecule has 3 aromatic rings. The fraction of sp³-hybridized carbons (Fsp3) is 0.560. The molecule has 9 heteroatoms. The number of fused-ring (bicyclic) bond motifs is 1. The second kappa shape index (κ2) is 9.84. The van der Waals surface area contributed by atoms with E-state index in [2.05, 4.69) is 20.4 Å². The summed E-state index contributed by atoms with van der Waals surface area (Å²) in [6.45, 7) is 9.34. The highest BCUT2D eigenvalue weighted by Gasteiger charge is 2.29. The Labute approximate surface area is 198 Å². The zero-order valence-corrected chi connectivity index (χ0v) is 20.1. The summed E-state index contributed by atoms with van der Waals surface area (Å²) in [6, 6.07) is 4.10. The van der Waals surface area contributed by atoms with E-state index in [1.54, 1.807) is 6.92 Å². The van der Waals surface area contributed by atoms with Gasteiger partial charge in [-0.3, -0.25) is 0 Å². The molecule has 0 spiro atoms. The van der Waals surface area contributed by atoms with E-state index in [1.165, 1.54) is 6.07 Å². The number of aromatic nitrogens is 3. The number of anilines is 1. The average Bonchev–Trinajstić information content (AvgIpc) is 3.26. The van der Waals surface area contributed by atoms with Crippen LogP contribution in [-0.4, -0.2) is 60.1 Å². The van der Waals surface area contributed by atoms with Crippen LogP contribution in [0.3, 0.4) is 0 Å². The zero-order chi connectivity index (χ0) is 23.7. The van der Waals surface area contributed by atoms with Crippen LogP contribution in [0.2, 0.25) is 0 Å². The van der Waals surface area contributed by atoms with Crippen molar-refractivity contribution in [3.8, 4) is 17.2 Å². The van der Waals surface area contributed by atoms with E-state index in [1.807, 2.05) is 19.9 Å². The van der Waals surface area contributed by atoms with Gasteiger partial charge in [0.1, 0.15) is 17.1 Å². The fourth-order valence-electron chi connectivity index (χ4n) is 5.03. The first-order valence-electron chi connectivity index (χ1n) is 12.2. The third-order valence-electron chi connectivity index (χ3n) is 6.74. The SMILES string of the molecule is CCOc1cc(F)c2nc(N3CCC(N[C@H]4CCCOC4)CC3)c(-c3nc(C)no3)c(C)c2c1. The molecule has 2 aromatic heterocycles. The normalized spacial score (nSPS) is 19.6. The van der Waals surface area contributed by atoms with Gasteiger partial charge in [-0.1, -0.05) is 5.16 Å². The molecule has 0 bridgehead atoms. The summed E-state index contributed by atoms with van der Waals surface area (Å²) in [4.78, 5) is 11.5. The van der Waals surface area contributed by atoms with Crippen LogP contribution in [0.1, 0.15) is 44.0 Å². The summed E-state index contributed by atoms with van der Waals surface area (Å²) >= 11 is 0. The minimum atomic E-state index is -0.396. The molecule has 0 aliphatic carbocycles. The van der Waals surface area contributed by atoms with Gasteiger partial charge in [-0.25, -0.2) is 9.37 Å². The first-order chi connectivity index (χ1) is 16.5. The Morgan fingerprint density at radius 3 is 2.65 bits per heavy atom. The van der Waals surface area contributed by atoms with Crippen molar-refractivity contribution in [1.29, 1.82) is 0 Å². The highest BCUT2D eigenvalue weighted by molar-refractivity contribution is 5.93. The van der Waals surface area contributed by atoms with Gasteiger partial charge in [0.05, 0.1) is 18.8 Å². The van der Waals surface area contributed by atoms with Crippen LogP contribution in [0.15, 0.2) is 16.7 Å². The summed E-state index contributed by atoms with van der Waals surface area (Å²) in [7, 11) is 0. The maximum Gasteiger partial charge on any atom is 0.261 e. The lowest BCUT2D eigenvalue weighted by Crippen LogP contribution is -2.48. The fourth-order valence-corrected chi connectivity index (χ4v) is 5.03. The van der Waals surface area contributed by atoms with Crippen LogP contribution in [0.25, 0.3) is 22.4 Å². The molecule has 1 N–H and O–H groups in total. The van der Waals surface area contributed by atoms with Gasteiger partial charge >= 0.3 is 0 Å². The second-order valence-corrected chi connectivity index (χ2v) is 9.16. The number of hydrogen-bond donors (Lipinski definition) is 1. The number of aryl methyl sites for hydroxylation is 2. The van der Waals surface area contributed by atoms with E-state index in [0.29, 0.717) is 52.9 Å². The van der Waals surface area contributed by atoms with Gasteiger partial charge in [0, 0.05) is 43.2 Å². The van der Waals surface area contributed by atoms with Crippen LogP contribution < -0.4 is 15.0 Å². The molecule has 0 unspecified atom stereocenters. The summed E-state index contributed by atoms with van der Waals surface area (Å²) in [5.41, 5.74) is 1.94. The third-order valence-corrected chi connectivity index (χ3v) is 6.74. The Balaban J connectivity index is 1.48. The predicted octanol–water partition coefficient (Wildman–Crippen LogP) is 4.18.